The molecule has 3 rings (SSSR count). The summed E-state index contributed by atoms with van der Waals surface area (Å²) in [5, 5.41) is 3.52. The van der Waals surface area contributed by atoms with E-state index in [1.807, 2.05) is 23.1 Å². The van der Waals surface area contributed by atoms with Gasteiger partial charge in [-0.15, -0.1) is 0 Å². The minimum absolute atomic E-state index is 0.176. The van der Waals surface area contributed by atoms with Crippen LogP contribution in [0.2, 0.25) is 5.02 Å². The van der Waals surface area contributed by atoms with Crippen LogP contribution in [0.25, 0.3) is 0 Å². The Morgan fingerprint density at radius 3 is 2.58 bits per heavy atom. The highest BCUT2D eigenvalue weighted by atomic mass is 35.5. The van der Waals surface area contributed by atoms with Gasteiger partial charge >= 0.3 is 0 Å². The lowest BCUT2D eigenvalue weighted by molar-refractivity contribution is -0.118. The summed E-state index contributed by atoms with van der Waals surface area (Å²) < 4.78 is 0. The quantitative estimate of drug-likeness (QED) is 0.812. The minimum atomic E-state index is -0.176. The second-order valence-electron chi connectivity index (χ2n) is 7.03. The van der Waals surface area contributed by atoms with Gasteiger partial charge in [0.05, 0.1) is 0 Å². The van der Waals surface area contributed by atoms with E-state index in [-0.39, 0.29) is 11.8 Å². The molecule has 2 aromatic rings. The Hall–Kier alpha value is -2.33. The Balaban J connectivity index is 1.76. The Kier molecular flexibility index (Phi) is 5.62. The molecule has 4 nitrogen and oxygen atoms in total. The van der Waals surface area contributed by atoms with Crippen molar-refractivity contribution in [2.24, 2.45) is 5.92 Å². The average molecular weight is 371 g/mol. The fourth-order valence-corrected chi connectivity index (χ4v) is 3.20. The van der Waals surface area contributed by atoms with Crippen LogP contribution in [0, 0.1) is 5.92 Å². The summed E-state index contributed by atoms with van der Waals surface area (Å²) >= 11 is 5.86. The highest BCUT2D eigenvalue weighted by Crippen LogP contribution is 2.31. The largest absolute Gasteiger partial charge is 0.322 e. The summed E-state index contributed by atoms with van der Waals surface area (Å²) in [5.74, 6) is 0.548. The van der Waals surface area contributed by atoms with Gasteiger partial charge in [-0.1, -0.05) is 25.4 Å². The van der Waals surface area contributed by atoms with E-state index in [4.69, 9.17) is 11.6 Å². The fraction of sp³-hybridized carbons (Fsp3) is 0.333. The zero-order valence-electron chi connectivity index (χ0n) is 15.1. The number of anilines is 2. The number of amides is 2. The van der Waals surface area contributed by atoms with Gasteiger partial charge in [0.25, 0.3) is 5.91 Å². The molecule has 0 spiro atoms. The van der Waals surface area contributed by atoms with Gasteiger partial charge in [0.2, 0.25) is 5.91 Å². The Morgan fingerprint density at radius 2 is 1.88 bits per heavy atom. The van der Waals surface area contributed by atoms with Crippen molar-refractivity contribution < 1.29 is 9.59 Å². The SMILES string of the molecule is CC(C)CCN1C(=O)CCc2cc(NC(=O)c3ccc(Cl)cc3)ccc21. The first-order valence-corrected chi connectivity index (χ1v) is 9.32. The molecule has 2 aromatic carbocycles. The molecule has 0 atom stereocenters. The van der Waals surface area contributed by atoms with Gasteiger partial charge in [-0.2, -0.15) is 0 Å². The van der Waals surface area contributed by atoms with Crippen molar-refractivity contribution in [3.05, 3.63) is 58.6 Å². The fourth-order valence-electron chi connectivity index (χ4n) is 3.07. The van der Waals surface area contributed by atoms with Crippen LogP contribution in [0.5, 0.6) is 0 Å². The molecular weight excluding hydrogens is 348 g/mol. The predicted molar refractivity (Wildman–Crippen MR) is 106 cm³/mol. The lowest BCUT2D eigenvalue weighted by Gasteiger charge is -2.30. The van der Waals surface area contributed by atoms with Gasteiger partial charge in [-0.05, 0) is 66.8 Å². The number of carbonyl (C=O) groups is 2. The van der Waals surface area contributed by atoms with Crippen LogP contribution in [0.15, 0.2) is 42.5 Å². The molecule has 1 N–H and O–H groups in total. The van der Waals surface area contributed by atoms with E-state index >= 15 is 0 Å². The maximum Gasteiger partial charge on any atom is 0.255 e. The van der Waals surface area contributed by atoms with Crippen molar-refractivity contribution in [2.45, 2.75) is 33.1 Å². The molecule has 0 saturated carbocycles. The second-order valence-corrected chi connectivity index (χ2v) is 7.47. The molecule has 2 amide bonds. The first-order valence-electron chi connectivity index (χ1n) is 8.94. The lowest BCUT2D eigenvalue weighted by atomic mass is 9.99. The Morgan fingerprint density at radius 1 is 1.15 bits per heavy atom. The molecule has 0 radical (unpaired) electrons. The van der Waals surface area contributed by atoms with Gasteiger partial charge in [0, 0.05) is 34.9 Å². The van der Waals surface area contributed by atoms with Crippen molar-refractivity contribution in [2.75, 3.05) is 16.8 Å². The monoisotopic (exact) mass is 370 g/mol. The molecule has 0 unspecified atom stereocenters. The van der Waals surface area contributed by atoms with Crippen LogP contribution < -0.4 is 10.2 Å². The number of aryl methyl sites for hydroxylation is 1. The third-order valence-electron chi connectivity index (χ3n) is 4.57. The summed E-state index contributed by atoms with van der Waals surface area (Å²) in [6.07, 6.45) is 2.19. The zero-order chi connectivity index (χ0) is 18.7. The third-order valence-corrected chi connectivity index (χ3v) is 4.83. The van der Waals surface area contributed by atoms with E-state index in [2.05, 4.69) is 19.2 Å². The van der Waals surface area contributed by atoms with Crippen LogP contribution in [-0.4, -0.2) is 18.4 Å². The van der Waals surface area contributed by atoms with E-state index < -0.39 is 0 Å². The first kappa shape index (κ1) is 18.5. The van der Waals surface area contributed by atoms with Crippen LogP contribution in [-0.2, 0) is 11.2 Å². The minimum Gasteiger partial charge on any atom is -0.322 e. The maximum absolute atomic E-state index is 12.4. The molecule has 0 fully saturated rings. The summed E-state index contributed by atoms with van der Waals surface area (Å²) in [6.45, 7) is 5.05. The first-order chi connectivity index (χ1) is 12.4. The number of nitrogens with one attached hydrogen (secondary N) is 1. The van der Waals surface area contributed by atoms with Crippen molar-refractivity contribution in [1.82, 2.24) is 0 Å². The number of hydrogen-bond acceptors (Lipinski definition) is 2. The van der Waals surface area contributed by atoms with E-state index in [9.17, 15) is 9.59 Å². The van der Waals surface area contributed by atoms with Gasteiger partial charge in [0.15, 0.2) is 0 Å². The van der Waals surface area contributed by atoms with Gasteiger partial charge in [-0.25, -0.2) is 0 Å². The molecule has 1 aliphatic heterocycles. The third kappa shape index (κ3) is 4.25. The van der Waals surface area contributed by atoms with E-state index in [1.54, 1.807) is 24.3 Å². The number of fused-ring (bicyclic) bond motifs is 1. The second kappa shape index (κ2) is 7.92. The van der Waals surface area contributed by atoms with E-state index in [0.717, 1.165) is 29.9 Å². The maximum atomic E-state index is 12.4. The predicted octanol–water partition coefficient (Wildman–Crippen LogP) is 4.92. The molecule has 0 aromatic heterocycles. The van der Waals surface area contributed by atoms with Gasteiger partial charge < -0.3 is 10.2 Å². The number of hydrogen-bond donors (Lipinski definition) is 1. The summed E-state index contributed by atoms with van der Waals surface area (Å²) in [7, 11) is 0. The highest BCUT2D eigenvalue weighted by Gasteiger charge is 2.24. The number of nitrogens with zero attached hydrogens (tertiary/aromatic N) is 1. The van der Waals surface area contributed by atoms with Crippen molar-refractivity contribution in [3.8, 4) is 0 Å². The summed E-state index contributed by atoms with van der Waals surface area (Å²) in [5.41, 5.74) is 3.36. The molecule has 1 heterocycles. The normalized spacial score (nSPS) is 13.7. The molecule has 136 valence electrons. The Labute approximate surface area is 159 Å². The molecule has 26 heavy (non-hydrogen) atoms. The number of rotatable bonds is 5. The molecule has 0 bridgehead atoms. The zero-order valence-corrected chi connectivity index (χ0v) is 15.8. The molecule has 0 aliphatic carbocycles. The van der Waals surface area contributed by atoms with Crippen molar-refractivity contribution in [1.29, 1.82) is 0 Å². The number of carbonyl (C=O) groups excluding carboxylic acids is 2. The molecular formula is C21H23ClN2O2. The van der Waals surface area contributed by atoms with E-state index in [1.165, 1.54) is 0 Å². The van der Waals surface area contributed by atoms with Crippen LogP contribution >= 0.6 is 11.6 Å². The Bertz CT molecular complexity index is 815. The van der Waals surface area contributed by atoms with E-state index in [0.29, 0.717) is 29.3 Å². The number of halogens is 1. The summed E-state index contributed by atoms with van der Waals surface area (Å²) in [4.78, 5) is 26.5. The summed E-state index contributed by atoms with van der Waals surface area (Å²) in [6, 6.07) is 12.5. The standard InChI is InChI=1S/C21H23ClN2O2/c1-14(2)11-12-24-19-9-8-18(13-16(19)5-10-20(24)25)23-21(26)15-3-6-17(22)7-4-15/h3-4,6-9,13-14H,5,10-12H2,1-2H3,(H,23,26). The smallest absolute Gasteiger partial charge is 0.255 e. The van der Waals surface area contributed by atoms with Crippen molar-refractivity contribution >= 4 is 34.8 Å². The molecule has 1 aliphatic rings. The molecule has 0 saturated heterocycles. The number of benzene rings is 2. The van der Waals surface area contributed by atoms with Crippen molar-refractivity contribution in [3.63, 3.8) is 0 Å². The van der Waals surface area contributed by atoms with Crippen LogP contribution in [0.4, 0.5) is 11.4 Å². The molecule has 5 heteroatoms. The topological polar surface area (TPSA) is 49.4 Å². The van der Waals surface area contributed by atoms with Crippen LogP contribution in [0.1, 0.15) is 42.6 Å². The van der Waals surface area contributed by atoms with Crippen LogP contribution in [0.3, 0.4) is 0 Å². The van der Waals surface area contributed by atoms with Gasteiger partial charge in [-0.3, -0.25) is 9.59 Å². The average Bonchev–Trinajstić information content (AvgIpc) is 2.61. The van der Waals surface area contributed by atoms with Gasteiger partial charge in [0.1, 0.15) is 0 Å². The lowest BCUT2D eigenvalue weighted by Crippen LogP contribution is -2.36. The highest BCUT2D eigenvalue weighted by molar-refractivity contribution is 6.30.